The van der Waals surface area contributed by atoms with Crippen LogP contribution in [0.15, 0.2) is 24.3 Å². The quantitative estimate of drug-likeness (QED) is 0.852. The number of carbonyl (C=O) groups excluding carboxylic acids is 2. The van der Waals surface area contributed by atoms with E-state index in [4.69, 9.17) is 0 Å². The van der Waals surface area contributed by atoms with Crippen LogP contribution in [0.25, 0.3) is 0 Å². The Bertz CT molecular complexity index is 705. The molecule has 10 heteroatoms. The highest BCUT2D eigenvalue weighted by molar-refractivity contribution is 5.96. The summed E-state index contributed by atoms with van der Waals surface area (Å²) in [5.41, 5.74) is 0.465. The third kappa shape index (κ3) is 4.89. The molecule has 2 aliphatic rings. The van der Waals surface area contributed by atoms with Crippen LogP contribution in [0, 0.1) is 0 Å². The molecule has 148 valence electrons. The Morgan fingerprint density at radius 3 is 2.48 bits per heavy atom. The third-order valence-corrected chi connectivity index (χ3v) is 4.80. The fourth-order valence-electron chi connectivity index (χ4n) is 3.39. The Labute approximate surface area is 154 Å². The van der Waals surface area contributed by atoms with Crippen LogP contribution >= 0.6 is 0 Å². The maximum absolute atomic E-state index is 12.5. The molecule has 3 amide bonds. The second-order valence-corrected chi connectivity index (χ2v) is 6.62. The van der Waals surface area contributed by atoms with E-state index in [1.165, 1.54) is 17.0 Å². The summed E-state index contributed by atoms with van der Waals surface area (Å²) in [6.45, 7) is 2.77. The molecule has 0 aromatic heterocycles. The van der Waals surface area contributed by atoms with E-state index in [1.807, 2.05) is 9.80 Å². The molecule has 0 spiro atoms. The largest absolute Gasteiger partial charge is 0.573 e. The first kappa shape index (κ1) is 19.4. The van der Waals surface area contributed by atoms with Crippen molar-refractivity contribution < 1.29 is 27.5 Å². The van der Waals surface area contributed by atoms with Gasteiger partial charge in [0.2, 0.25) is 5.91 Å². The van der Waals surface area contributed by atoms with E-state index in [0.29, 0.717) is 38.3 Å². The summed E-state index contributed by atoms with van der Waals surface area (Å²) in [5.74, 6) is -0.495. The lowest BCUT2D eigenvalue weighted by Gasteiger charge is -2.44. The number of alkyl halides is 3. The summed E-state index contributed by atoms with van der Waals surface area (Å²) < 4.78 is 41.8. The molecule has 2 fully saturated rings. The second-order valence-electron chi connectivity index (χ2n) is 6.62. The lowest BCUT2D eigenvalue weighted by atomic mass is 10.1. The van der Waals surface area contributed by atoms with Crippen LogP contribution in [0.5, 0.6) is 5.75 Å². The van der Waals surface area contributed by atoms with Crippen molar-refractivity contribution in [2.45, 2.75) is 25.5 Å². The summed E-state index contributed by atoms with van der Waals surface area (Å²) in [5, 5.41) is 2.27. The lowest BCUT2D eigenvalue weighted by Crippen LogP contribution is -2.62. The molecular weight excluding hydrogens is 365 g/mol. The number of amides is 3. The summed E-state index contributed by atoms with van der Waals surface area (Å²) in [4.78, 5) is 29.0. The molecule has 0 bridgehead atoms. The number of hydrogen-bond donors (Lipinski definition) is 1. The van der Waals surface area contributed by atoms with Crippen LogP contribution in [-0.4, -0.2) is 72.4 Å². The Morgan fingerprint density at radius 2 is 1.81 bits per heavy atom. The smallest absolute Gasteiger partial charge is 0.405 e. The van der Waals surface area contributed by atoms with Crippen molar-refractivity contribution in [2.24, 2.45) is 0 Å². The molecular formula is C17H21F3N4O3. The van der Waals surface area contributed by atoms with Gasteiger partial charge in [0, 0.05) is 45.3 Å². The minimum absolute atomic E-state index is 0.193. The maximum Gasteiger partial charge on any atom is 0.573 e. The van der Waals surface area contributed by atoms with Crippen molar-refractivity contribution in [3.8, 4) is 5.75 Å². The zero-order chi connectivity index (χ0) is 19.6. The van der Waals surface area contributed by atoms with E-state index >= 15 is 0 Å². The first-order valence-corrected chi connectivity index (χ1v) is 8.59. The summed E-state index contributed by atoms with van der Waals surface area (Å²) in [6.07, 6.45) is -4.81. The van der Waals surface area contributed by atoms with Crippen molar-refractivity contribution in [3.63, 3.8) is 0 Å². The van der Waals surface area contributed by atoms with Crippen molar-refractivity contribution in [1.82, 2.24) is 20.0 Å². The van der Waals surface area contributed by atoms with E-state index in [9.17, 15) is 22.8 Å². The number of ether oxygens (including phenoxy) is 1. The molecule has 0 aliphatic carbocycles. The SMILES string of the molecule is CN1C(=O)NC(=O)CC1N1CCN(Cc2ccccc2OC(F)(F)F)CC1. The van der Waals surface area contributed by atoms with Crippen LogP contribution in [-0.2, 0) is 11.3 Å². The van der Waals surface area contributed by atoms with Crippen LogP contribution in [0.2, 0.25) is 0 Å². The molecule has 27 heavy (non-hydrogen) atoms. The standard InChI is InChI=1S/C17H21F3N4O3/c1-22-15(10-14(25)21-16(22)26)24-8-6-23(7-9-24)11-12-4-2-3-5-13(12)27-17(18,19)20/h2-5,15H,6-11H2,1H3,(H,21,25,26). The molecule has 2 saturated heterocycles. The molecule has 2 heterocycles. The molecule has 0 saturated carbocycles. The number of nitrogens with one attached hydrogen (secondary N) is 1. The fraction of sp³-hybridized carbons (Fsp3) is 0.529. The van der Waals surface area contributed by atoms with Crippen LogP contribution in [0.4, 0.5) is 18.0 Å². The van der Waals surface area contributed by atoms with Gasteiger partial charge in [-0.1, -0.05) is 18.2 Å². The monoisotopic (exact) mass is 386 g/mol. The van der Waals surface area contributed by atoms with E-state index in [1.54, 1.807) is 19.2 Å². The first-order valence-electron chi connectivity index (χ1n) is 8.59. The molecule has 1 atom stereocenters. The first-order chi connectivity index (χ1) is 12.7. The normalized spacial score (nSPS) is 22.7. The van der Waals surface area contributed by atoms with Gasteiger partial charge in [-0.2, -0.15) is 0 Å². The van der Waals surface area contributed by atoms with Gasteiger partial charge in [-0.25, -0.2) is 4.79 Å². The zero-order valence-corrected chi connectivity index (χ0v) is 14.8. The van der Waals surface area contributed by atoms with Gasteiger partial charge in [-0.3, -0.25) is 19.9 Å². The number of halogens is 3. The number of carbonyl (C=O) groups is 2. The van der Waals surface area contributed by atoms with E-state index in [2.05, 4.69) is 10.1 Å². The fourth-order valence-corrected chi connectivity index (χ4v) is 3.39. The zero-order valence-electron chi connectivity index (χ0n) is 14.8. The lowest BCUT2D eigenvalue weighted by molar-refractivity contribution is -0.275. The van der Waals surface area contributed by atoms with E-state index in [-0.39, 0.29) is 24.2 Å². The molecule has 7 nitrogen and oxygen atoms in total. The van der Waals surface area contributed by atoms with Gasteiger partial charge >= 0.3 is 12.4 Å². The summed E-state index contributed by atoms with van der Waals surface area (Å²) in [7, 11) is 1.64. The van der Waals surface area contributed by atoms with Crippen LogP contribution < -0.4 is 10.1 Å². The maximum atomic E-state index is 12.5. The van der Waals surface area contributed by atoms with E-state index in [0.717, 1.165) is 0 Å². The topological polar surface area (TPSA) is 65.1 Å². The van der Waals surface area contributed by atoms with Crippen molar-refractivity contribution in [1.29, 1.82) is 0 Å². The second kappa shape index (κ2) is 7.73. The van der Waals surface area contributed by atoms with Gasteiger partial charge in [0.1, 0.15) is 5.75 Å². The van der Waals surface area contributed by atoms with Gasteiger partial charge in [-0.05, 0) is 6.07 Å². The summed E-state index contributed by atoms with van der Waals surface area (Å²) >= 11 is 0. The minimum Gasteiger partial charge on any atom is -0.405 e. The third-order valence-electron chi connectivity index (χ3n) is 4.80. The van der Waals surface area contributed by atoms with Crippen molar-refractivity contribution in [2.75, 3.05) is 33.2 Å². The van der Waals surface area contributed by atoms with Crippen molar-refractivity contribution >= 4 is 11.9 Å². The summed E-state index contributed by atoms with van der Waals surface area (Å²) in [6, 6.07) is 5.68. The number of rotatable bonds is 4. The molecule has 1 aromatic carbocycles. The number of hydrogen-bond acceptors (Lipinski definition) is 5. The number of piperazine rings is 1. The molecule has 0 radical (unpaired) electrons. The predicted octanol–water partition coefficient (Wildman–Crippen LogP) is 1.60. The van der Waals surface area contributed by atoms with Gasteiger partial charge in [-0.15, -0.1) is 13.2 Å². The van der Waals surface area contributed by atoms with Gasteiger partial charge in [0.05, 0.1) is 12.6 Å². The minimum atomic E-state index is -4.73. The highest BCUT2D eigenvalue weighted by Crippen LogP contribution is 2.27. The Morgan fingerprint density at radius 1 is 1.15 bits per heavy atom. The highest BCUT2D eigenvalue weighted by Gasteiger charge is 2.36. The Hall–Kier alpha value is -2.33. The average molecular weight is 386 g/mol. The Balaban J connectivity index is 1.59. The number of imide groups is 1. The highest BCUT2D eigenvalue weighted by atomic mass is 19.4. The van der Waals surface area contributed by atoms with E-state index < -0.39 is 12.4 Å². The number of benzene rings is 1. The van der Waals surface area contributed by atoms with Gasteiger partial charge in [0.25, 0.3) is 0 Å². The van der Waals surface area contributed by atoms with Crippen molar-refractivity contribution in [3.05, 3.63) is 29.8 Å². The average Bonchev–Trinajstić information content (AvgIpc) is 2.59. The predicted molar refractivity (Wildman–Crippen MR) is 89.7 cm³/mol. The number of nitrogens with zero attached hydrogens (tertiary/aromatic N) is 3. The van der Waals surface area contributed by atoms with Gasteiger partial charge < -0.3 is 9.64 Å². The van der Waals surface area contributed by atoms with Gasteiger partial charge in [0.15, 0.2) is 0 Å². The van der Waals surface area contributed by atoms with Crippen LogP contribution in [0.3, 0.4) is 0 Å². The van der Waals surface area contributed by atoms with Crippen LogP contribution in [0.1, 0.15) is 12.0 Å². The number of para-hydroxylation sites is 1. The number of urea groups is 1. The molecule has 2 aliphatic heterocycles. The molecule has 1 aromatic rings. The Kier molecular flexibility index (Phi) is 5.56. The molecule has 3 rings (SSSR count). The molecule has 1 N–H and O–H groups in total. The molecule has 1 unspecified atom stereocenters.